The number of pyridine rings is 1. The molecule has 4 heteroatoms. The molecule has 0 saturated carbocycles. The quantitative estimate of drug-likeness (QED) is 0.817. The molecule has 0 aliphatic carbocycles. The van der Waals surface area contributed by atoms with E-state index in [1.54, 1.807) is 6.20 Å². The standard InChI is InChI=1S/C12H18N2O2/c1-9(2)15-8-10-3-4-11(7-14-10)16-12-5-13-6-12/h3-4,7,9,12-13H,5-6,8H2,1-2H3. The van der Waals surface area contributed by atoms with Gasteiger partial charge >= 0.3 is 0 Å². The third kappa shape index (κ3) is 3.18. The summed E-state index contributed by atoms with van der Waals surface area (Å²) in [6, 6.07) is 3.90. The molecule has 1 aromatic heterocycles. The maximum atomic E-state index is 5.67. The van der Waals surface area contributed by atoms with E-state index in [4.69, 9.17) is 9.47 Å². The van der Waals surface area contributed by atoms with E-state index in [-0.39, 0.29) is 6.10 Å². The number of nitrogens with zero attached hydrogens (tertiary/aromatic N) is 1. The summed E-state index contributed by atoms with van der Waals surface area (Å²) in [6.45, 7) is 6.45. The lowest BCUT2D eigenvalue weighted by Crippen LogP contribution is -2.50. The lowest BCUT2D eigenvalue weighted by Gasteiger charge is -2.27. The molecule has 1 fully saturated rings. The van der Waals surface area contributed by atoms with Gasteiger partial charge < -0.3 is 14.8 Å². The maximum absolute atomic E-state index is 5.67. The highest BCUT2D eigenvalue weighted by Crippen LogP contribution is 2.13. The minimum atomic E-state index is 0.235. The molecule has 1 N–H and O–H groups in total. The zero-order valence-corrected chi connectivity index (χ0v) is 9.77. The molecule has 1 aliphatic heterocycles. The monoisotopic (exact) mass is 222 g/mol. The van der Waals surface area contributed by atoms with Crippen molar-refractivity contribution in [1.82, 2.24) is 10.3 Å². The summed E-state index contributed by atoms with van der Waals surface area (Å²) >= 11 is 0. The van der Waals surface area contributed by atoms with E-state index in [1.807, 2.05) is 26.0 Å². The van der Waals surface area contributed by atoms with Crippen LogP contribution in [0.4, 0.5) is 0 Å². The van der Waals surface area contributed by atoms with Crippen molar-refractivity contribution in [3.8, 4) is 5.75 Å². The van der Waals surface area contributed by atoms with Crippen LogP contribution in [0.1, 0.15) is 19.5 Å². The zero-order chi connectivity index (χ0) is 11.4. The van der Waals surface area contributed by atoms with E-state index < -0.39 is 0 Å². The molecule has 1 aliphatic rings. The van der Waals surface area contributed by atoms with Crippen LogP contribution in [0.2, 0.25) is 0 Å². The van der Waals surface area contributed by atoms with Gasteiger partial charge in [-0.1, -0.05) is 0 Å². The highest BCUT2D eigenvalue weighted by atomic mass is 16.5. The molecule has 0 aromatic carbocycles. The zero-order valence-electron chi connectivity index (χ0n) is 9.77. The Morgan fingerprint density at radius 1 is 1.44 bits per heavy atom. The fraction of sp³-hybridized carbons (Fsp3) is 0.583. The summed E-state index contributed by atoms with van der Waals surface area (Å²) in [6.07, 6.45) is 2.30. The maximum Gasteiger partial charge on any atom is 0.138 e. The molecule has 0 radical (unpaired) electrons. The van der Waals surface area contributed by atoms with E-state index in [2.05, 4.69) is 10.3 Å². The van der Waals surface area contributed by atoms with Gasteiger partial charge in [0.1, 0.15) is 11.9 Å². The Balaban J connectivity index is 1.83. The number of ether oxygens (including phenoxy) is 2. The molecule has 88 valence electrons. The Kier molecular flexibility index (Phi) is 3.74. The van der Waals surface area contributed by atoms with Crippen molar-refractivity contribution in [1.29, 1.82) is 0 Å². The molecule has 2 heterocycles. The Morgan fingerprint density at radius 2 is 2.25 bits per heavy atom. The van der Waals surface area contributed by atoms with Gasteiger partial charge in [0.2, 0.25) is 0 Å². The minimum absolute atomic E-state index is 0.235. The van der Waals surface area contributed by atoms with Crippen LogP contribution in [0.5, 0.6) is 5.75 Å². The molecule has 0 bridgehead atoms. The van der Waals surface area contributed by atoms with Gasteiger partial charge in [0.05, 0.1) is 24.6 Å². The van der Waals surface area contributed by atoms with E-state index in [9.17, 15) is 0 Å². The Hall–Kier alpha value is -1.13. The molecule has 2 rings (SSSR count). The summed E-state index contributed by atoms with van der Waals surface area (Å²) < 4.78 is 11.1. The first kappa shape index (κ1) is 11.4. The fourth-order valence-electron chi connectivity index (χ4n) is 1.36. The summed E-state index contributed by atoms with van der Waals surface area (Å²) in [5.41, 5.74) is 0.938. The average molecular weight is 222 g/mol. The van der Waals surface area contributed by atoms with Crippen molar-refractivity contribution < 1.29 is 9.47 Å². The van der Waals surface area contributed by atoms with Crippen molar-refractivity contribution in [2.24, 2.45) is 0 Å². The molecule has 0 spiro atoms. The van der Waals surface area contributed by atoms with Crippen LogP contribution in [-0.4, -0.2) is 30.3 Å². The Bertz CT molecular complexity index is 320. The summed E-state index contributed by atoms with van der Waals surface area (Å²) in [5, 5.41) is 3.16. The minimum Gasteiger partial charge on any atom is -0.486 e. The third-order valence-electron chi connectivity index (χ3n) is 2.41. The molecular weight excluding hydrogens is 204 g/mol. The number of aromatic nitrogens is 1. The van der Waals surface area contributed by atoms with E-state index in [0.29, 0.717) is 12.7 Å². The van der Waals surface area contributed by atoms with Gasteiger partial charge in [-0.05, 0) is 26.0 Å². The lowest BCUT2D eigenvalue weighted by atomic mass is 10.2. The first-order chi connectivity index (χ1) is 7.74. The molecular formula is C12H18N2O2. The van der Waals surface area contributed by atoms with Crippen molar-refractivity contribution in [2.75, 3.05) is 13.1 Å². The van der Waals surface area contributed by atoms with Crippen LogP contribution < -0.4 is 10.1 Å². The van der Waals surface area contributed by atoms with Crippen LogP contribution in [0.25, 0.3) is 0 Å². The van der Waals surface area contributed by atoms with Crippen LogP contribution in [0.15, 0.2) is 18.3 Å². The topological polar surface area (TPSA) is 43.4 Å². The van der Waals surface area contributed by atoms with Gasteiger partial charge in [-0.25, -0.2) is 0 Å². The van der Waals surface area contributed by atoms with Crippen molar-refractivity contribution >= 4 is 0 Å². The molecule has 0 amide bonds. The van der Waals surface area contributed by atoms with E-state index >= 15 is 0 Å². The number of nitrogens with one attached hydrogen (secondary N) is 1. The van der Waals surface area contributed by atoms with Gasteiger partial charge in [0.15, 0.2) is 0 Å². The Morgan fingerprint density at radius 3 is 2.75 bits per heavy atom. The second kappa shape index (κ2) is 5.27. The second-order valence-corrected chi connectivity index (χ2v) is 4.24. The van der Waals surface area contributed by atoms with Gasteiger partial charge in [-0.2, -0.15) is 0 Å². The van der Waals surface area contributed by atoms with E-state index in [1.165, 1.54) is 0 Å². The van der Waals surface area contributed by atoms with Crippen LogP contribution in [-0.2, 0) is 11.3 Å². The van der Waals surface area contributed by atoms with Crippen molar-refractivity contribution in [2.45, 2.75) is 32.7 Å². The summed E-state index contributed by atoms with van der Waals surface area (Å²) in [5.74, 6) is 0.833. The van der Waals surface area contributed by atoms with Crippen molar-refractivity contribution in [3.63, 3.8) is 0 Å². The molecule has 1 saturated heterocycles. The lowest BCUT2D eigenvalue weighted by molar-refractivity contribution is 0.0634. The van der Waals surface area contributed by atoms with Gasteiger partial charge in [0, 0.05) is 13.1 Å². The smallest absolute Gasteiger partial charge is 0.138 e. The summed E-state index contributed by atoms with van der Waals surface area (Å²) in [7, 11) is 0. The fourth-order valence-corrected chi connectivity index (χ4v) is 1.36. The highest BCUT2D eigenvalue weighted by Gasteiger charge is 2.18. The first-order valence-corrected chi connectivity index (χ1v) is 5.68. The van der Waals surface area contributed by atoms with Gasteiger partial charge in [0.25, 0.3) is 0 Å². The molecule has 16 heavy (non-hydrogen) atoms. The molecule has 4 nitrogen and oxygen atoms in total. The predicted octanol–water partition coefficient (Wildman–Crippen LogP) is 1.36. The molecule has 1 aromatic rings. The third-order valence-corrected chi connectivity index (χ3v) is 2.41. The second-order valence-electron chi connectivity index (χ2n) is 4.24. The largest absolute Gasteiger partial charge is 0.486 e. The van der Waals surface area contributed by atoms with Gasteiger partial charge in [-0.3, -0.25) is 4.98 Å². The van der Waals surface area contributed by atoms with E-state index in [0.717, 1.165) is 24.5 Å². The van der Waals surface area contributed by atoms with Crippen LogP contribution in [0, 0.1) is 0 Å². The van der Waals surface area contributed by atoms with Crippen LogP contribution in [0.3, 0.4) is 0 Å². The summed E-state index contributed by atoms with van der Waals surface area (Å²) in [4.78, 5) is 4.29. The highest BCUT2D eigenvalue weighted by molar-refractivity contribution is 5.20. The molecule has 0 unspecified atom stereocenters. The number of rotatable bonds is 5. The molecule has 0 atom stereocenters. The number of hydrogen-bond donors (Lipinski definition) is 1. The average Bonchev–Trinajstić information content (AvgIpc) is 2.22. The Labute approximate surface area is 96.0 Å². The first-order valence-electron chi connectivity index (χ1n) is 5.68. The van der Waals surface area contributed by atoms with Crippen molar-refractivity contribution in [3.05, 3.63) is 24.0 Å². The van der Waals surface area contributed by atoms with Crippen LogP contribution >= 0.6 is 0 Å². The predicted molar refractivity (Wildman–Crippen MR) is 61.4 cm³/mol. The SMILES string of the molecule is CC(C)OCc1ccc(OC2CNC2)cn1. The number of hydrogen-bond acceptors (Lipinski definition) is 4. The van der Waals surface area contributed by atoms with Gasteiger partial charge in [-0.15, -0.1) is 0 Å². The normalized spacial score (nSPS) is 16.2.